The molecule has 2 aliphatic carbocycles. The highest BCUT2D eigenvalue weighted by molar-refractivity contribution is 7.90. The number of nitrogens with zero attached hydrogens (tertiary/aromatic N) is 4. The van der Waals surface area contributed by atoms with Gasteiger partial charge >= 0.3 is 0 Å². The van der Waals surface area contributed by atoms with Crippen LogP contribution in [-0.2, 0) is 39.5 Å². The lowest BCUT2D eigenvalue weighted by atomic mass is 9.90. The van der Waals surface area contributed by atoms with E-state index >= 15 is 0 Å². The van der Waals surface area contributed by atoms with E-state index in [1.165, 1.54) is 12.1 Å². The van der Waals surface area contributed by atoms with E-state index in [1.807, 2.05) is 12.1 Å². The fourth-order valence-electron chi connectivity index (χ4n) is 5.39. The molecule has 0 aliphatic heterocycles. The Balaban J connectivity index is 2.04. The summed E-state index contributed by atoms with van der Waals surface area (Å²) in [6, 6.07) is 13.8. The Labute approximate surface area is 221 Å². The Kier molecular flexibility index (Phi) is 5.98. The molecular formula is C28H15N4O4S2-. The average Bonchev–Trinajstić information content (AvgIpc) is 3.43. The van der Waals surface area contributed by atoms with Gasteiger partial charge in [-0.1, -0.05) is 35.3 Å². The van der Waals surface area contributed by atoms with Crippen molar-refractivity contribution in [1.29, 1.82) is 10.5 Å². The highest BCUT2D eigenvalue weighted by atomic mass is 32.2. The third kappa shape index (κ3) is 3.80. The molecule has 0 aromatic heterocycles. The molecule has 184 valence electrons. The van der Waals surface area contributed by atoms with Gasteiger partial charge in [-0.25, -0.2) is 28.6 Å². The molecule has 0 radical (unpaired) electrons. The molecule has 3 aromatic rings. The zero-order valence-electron chi connectivity index (χ0n) is 19.8. The van der Waals surface area contributed by atoms with Crippen LogP contribution in [0.4, 0.5) is 0 Å². The summed E-state index contributed by atoms with van der Waals surface area (Å²) < 4.78 is 47.5. The molecular weight excluding hydrogens is 520 g/mol. The lowest BCUT2D eigenvalue weighted by Gasteiger charge is -2.14. The van der Waals surface area contributed by atoms with Gasteiger partial charge in [-0.2, -0.15) is 0 Å². The van der Waals surface area contributed by atoms with Crippen molar-refractivity contribution in [2.45, 2.75) is 23.5 Å². The maximum absolute atomic E-state index is 12.4. The molecule has 8 nitrogen and oxygen atoms in total. The summed E-state index contributed by atoms with van der Waals surface area (Å²) in [5.74, 6) is -0.218. The molecule has 5 rings (SSSR count). The fraction of sp³-hybridized carbons (Fsp3) is 0.143. The van der Waals surface area contributed by atoms with E-state index in [1.54, 1.807) is 24.3 Å². The molecule has 0 saturated heterocycles. The molecule has 0 heterocycles. The SMILES string of the molecule is [C-]#[N+]/C(C#N)=c1/c2c(/c(=C(\C#N)[N+]#[C-])c3c1-c1cc(CS(=O)[O-])ccc1C3)-c1cc(S(C)(=O)=O)ccc1C2. The van der Waals surface area contributed by atoms with Crippen LogP contribution >= 0.6 is 0 Å². The molecule has 0 spiro atoms. The van der Waals surface area contributed by atoms with Crippen LogP contribution in [0.1, 0.15) is 27.8 Å². The van der Waals surface area contributed by atoms with E-state index in [0.717, 1.165) is 17.4 Å². The first-order valence-corrected chi connectivity index (χ1v) is 14.3. The number of hydrogen-bond donors (Lipinski definition) is 0. The minimum absolute atomic E-state index is 0.0756. The minimum atomic E-state index is -3.57. The molecule has 2 aliphatic rings. The van der Waals surface area contributed by atoms with Crippen molar-refractivity contribution in [1.82, 2.24) is 0 Å². The summed E-state index contributed by atoms with van der Waals surface area (Å²) >= 11 is -2.33. The highest BCUT2D eigenvalue weighted by Crippen LogP contribution is 2.41. The van der Waals surface area contributed by atoms with Crippen LogP contribution in [0.2, 0.25) is 0 Å². The maximum atomic E-state index is 12.4. The predicted molar refractivity (Wildman–Crippen MR) is 139 cm³/mol. The molecule has 0 N–H and O–H groups in total. The van der Waals surface area contributed by atoms with E-state index < -0.39 is 20.9 Å². The summed E-state index contributed by atoms with van der Waals surface area (Å²) in [5, 5.41) is 20.6. The van der Waals surface area contributed by atoms with E-state index in [-0.39, 0.29) is 28.5 Å². The Bertz CT molecular complexity index is 2020. The van der Waals surface area contributed by atoms with E-state index in [2.05, 4.69) is 9.69 Å². The normalized spacial score (nSPS) is 14.9. The Morgan fingerprint density at radius 3 is 1.89 bits per heavy atom. The number of rotatable bonds is 3. The molecule has 0 bridgehead atoms. The topological polar surface area (TPSA) is 131 Å². The van der Waals surface area contributed by atoms with E-state index in [9.17, 15) is 27.7 Å². The van der Waals surface area contributed by atoms with Crippen LogP contribution < -0.4 is 10.4 Å². The van der Waals surface area contributed by atoms with Crippen LogP contribution in [0.15, 0.2) is 41.3 Å². The van der Waals surface area contributed by atoms with Crippen molar-refractivity contribution in [2.75, 3.05) is 6.26 Å². The maximum Gasteiger partial charge on any atom is 0.269 e. The smallest absolute Gasteiger partial charge is 0.269 e. The largest absolute Gasteiger partial charge is 0.772 e. The number of sulfone groups is 1. The second-order valence-electron chi connectivity index (χ2n) is 8.99. The average molecular weight is 536 g/mol. The Morgan fingerprint density at radius 1 is 0.947 bits per heavy atom. The van der Waals surface area contributed by atoms with Crippen LogP contribution in [0.5, 0.6) is 0 Å². The minimum Gasteiger partial charge on any atom is -0.772 e. The van der Waals surface area contributed by atoms with Gasteiger partial charge in [0.2, 0.25) is 0 Å². The molecule has 0 saturated carbocycles. The standard InChI is InChI=1S/C28H16N4O4S2/c1-31-23(12-29)27-22-10-17-6-7-18(38(3,35)36)11-20(17)26(22)28(24(13-30)32-2)21-9-16-5-4-15(14-37(33)34)8-19(16)25(21)27/h4-8,11H,9-10,14H2,3H3,(H,33,34)/p-1/b27-23-,28-24+. The second-order valence-corrected chi connectivity index (χ2v) is 11.9. The molecule has 1 atom stereocenters. The van der Waals surface area contributed by atoms with Crippen molar-refractivity contribution in [3.05, 3.63) is 97.5 Å². The Hall–Kier alpha value is -4.58. The van der Waals surface area contributed by atoms with Crippen LogP contribution in [0.25, 0.3) is 43.3 Å². The van der Waals surface area contributed by atoms with Gasteiger partial charge in [-0.3, -0.25) is 4.21 Å². The van der Waals surface area contributed by atoms with Crippen molar-refractivity contribution in [3.63, 3.8) is 0 Å². The van der Waals surface area contributed by atoms with Crippen LogP contribution in [0.3, 0.4) is 0 Å². The van der Waals surface area contributed by atoms with Gasteiger partial charge in [0.25, 0.3) is 11.4 Å². The molecule has 0 fully saturated rings. The zero-order chi connectivity index (χ0) is 27.4. The van der Waals surface area contributed by atoms with Gasteiger partial charge in [-0.15, -0.1) is 0 Å². The monoisotopic (exact) mass is 535 g/mol. The quantitative estimate of drug-likeness (QED) is 0.258. The molecule has 0 amide bonds. The van der Waals surface area contributed by atoms with Crippen LogP contribution in [0, 0.1) is 35.8 Å². The third-order valence-electron chi connectivity index (χ3n) is 6.86. The number of benzene rings is 3. The van der Waals surface area contributed by atoms with Crippen LogP contribution in [-0.4, -0.2) is 23.4 Å². The number of fused-ring (bicyclic) bond motifs is 6. The van der Waals surface area contributed by atoms with Crippen molar-refractivity contribution in [3.8, 4) is 34.4 Å². The highest BCUT2D eigenvalue weighted by Gasteiger charge is 2.32. The number of hydrogen-bond acceptors (Lipinski definition) is 6. The summed E-state index contributed by atoms with van der Waals surface area (Å²) in [7, 11) is -3.57. The fourth-order valence-corrected chi connectivity index (χ4v) is 6.49. The van der Waals surface area contributed by atoms with Gasteiger partial charge in [0, 0.05) is 22.4 Å². The van der Waals surface area contributed by atoms with E-state index in [4.69, 9.17) is 13.1 Å². The second kappa shape index (κ2) is 9.06. The lowest BCUT2D eigenvalue weighted by Crippen LogP contribution is -2.25. The van der Waals surface area contributed by atoms with Gasteiger partial charge < -0.3 is 4.55 Å². The van der Waals surface area contributed by atoms with Crippen molar-refractivity contribution in [2.24, 2.45) is 0 Å². The van der Waals surface area contributed by atoms with Gasteiger partial charge in [0.05, 0.1) is 30.2 Å². The van der Waals surface area contributed by atoms with Crippen molar-refractivity contribution >= 4 is 32.3 Å². The Morgan fingerprint density at radius 2 is 1.45 bits per heavy atom. The van der Waals surface area contributed by atoms with Gasteiger partial charge in [0.1, 0.15) is 0 Å². The first-order valence-electron chi connectivity index (χ1n) is 11.2. The third-order valence-corrected chi connectivity index (χ3v) is 8.54. The molecule has 10 heteroatoms. The van der Waals surface area contributed by atoms with Crippen molar-refractivity contribution < 1.29 is 17.2 Å². The first-order chi connectivity index (χ1) is 18.1. The van der Waals surface area contributed by atoms with Gasteiger partial charge in [0.15, 0.2) is 9.84 Å². The summed E-state index contributed by atoms with van der Waals surface area (Å²) in [4.78, 5) is 7.05. The van der Waals surface area contributed by atoms with E-state index in [0.29, 0.717) is 55.8 Å². The number of nitriles is 2. The zero-order valence-corrected chi connectivity index (χ0v) is 21.5. The lowest BCUT2D eigenvalue weighted by molar-refractivity contribution is 0.536. The predicted octanol–water partition coefficient (Wildman–Crippen LogP) is 2.71. The molecule has 3 aromatic carbocycles. The molecule has 38 heavy (non-hydrogen) atoms. The summed E-state index contributed by atoms with van der Waals surface area (Å²) in [6.45, 7) is 15.5. The van der Waals surface area contributed by atoms with Gasteiger partial charge in [-0.05, 0) is 75.0 Å². The molecule has 1 unspecified atom stereocenters. The summed E-state index contributed by atoms with van der Waals surface area (Å²) in [5.41, 5.74) is 5.07. The summed E-state index contributed by atoms with van der Waals surface area (Å²) in [6.07, 6.45) is 1.65. The first kappa shape index (κ1) is 25.1.